The van der Waals surface area contributed by atoms with Gasteiger partial charge in [-0.05, 0) is 37.1 Å². The van der Waals surface area contributed by atoms with Gasteiger partial charge in [0, 0.05) is 35.9 Å². The monoisotopic (exact) mass is 212 g/mol. The molecule has 0 fully saturated rings. The van der Waals surface area contributed by atoms with Crippen LogP contribution in [0.5, 0.6) is 0 Å². The fourth-order valence-corrected chi connectivity index (χ4v) is 1.52. The van der Waals surface area contributed by atoms with Crippen LogP contribution < -0.4 is 0 Å². The van der Waals surface area contributed by atoms with Crippen LogP contribution in [0.4, 0.5) is 0 Å². The zero-order valence-electron chi connectivity index (χ0n) is 9.27. The van der Waals surface area contributed by atoms with E-state index in [0.717, 1.165) is 11.1 Å². The number of pyridine rings is 2. The van der Waals surface area contributed by atoms with Gasteiger partial charge >= 0.3 is 0 Å². The Labute approximate surface area is 94.2 Å². The highest BCUT2D eigenvalue weighted by molar-refractivity contribution is 6.08. The fraction of sp³-hybridized carbons (Fsp3) is 0.154. The molecule has 0 spiro atoms. The Morgan fingerprint density at radius 3 is 1.69 bits per heavy atom. The molecule has 0 bridgehead atoms. The summed E-state index contributed by atoms with van der Waals surface area (Å²) in [4.78, 5) is 20.1. The maximum atomic E-state index is 12.1. The second-order valence-electron chi connectivity index (χ2n) is 3.83. The third kappa shape index (κ3) is 2.14. The van der Waals surface area contributed by atoms with Crippen molar-refractivity contribution in [1.29, 1.82) is 0 Å². The Hall–Kier alpha value is -2.03. The molecule has 0 saturated carbocycles. The second-order valence-corrected chi connectivity index (χ2v) is 3.83. The van der Waals surface area contributed by atoms with Crippen LogP contribution in [0.15, 0.2) is 36.9 Å². The Bertz CT molecular complexity index is 487. The van der Waals surface area contributed by atoms with Crippen LogP contribution in [0.3, 0.4) is 0 Å². The Kier molecular flexibility index (Phi) is 2.77. The van der Waals surface area contributed by atoms with Gasteiger partial charge in [0.15, 0.2) is 5.78 Å². The highest BCUT2D eigenvalue weighted by Crippen LogP contribution is 2.10. The molecule has 2 rings (SSSR count). The van der Waals surface area contributed by atoms with Crippen LogP contribution in [0.2, 0.25) is 0 Å². The molecule has 0 saturated heterocycles. The van der Waals surface area contributed by atoms with Crippen molar-refractivity contribution < 1.29 is 4.79 Å². The molecule has 3 nitrogen and oxygen atoms in total. The zero-order chi connectivity index (χ0) is 11.5. The van der Waals surface area contributed by atoms with Crippen LogP contribution in [-0.2, 0) is 0 Å². The van der Waals surface area contributed by atoms with Crippen molar-refractivity contribution in [3.05, 3.63) is 59.2 Å². The number of aromatic nitrogens is 2. The lowest BCUT2D eigenvalue weighted by molar-refractivity contribution is 0.103. The number of carbonyl (C=O) groups excluding carboxylic acids is 1. The number of carbonyl (C=O) groups is 1. The lowest BCUT2D eigenvalue weighted by Gasteiger charge is -2.02. The van der Waals surface area contributed by atoms with Crippen molar-refractivity contribution >= 4 is 5.78 Å². The minimum atomic E-state index is -0.0348. The number of hydrogen-bond donors (Lipinski definition) is 0. The molecular weight excluding hydrogens is 200 g/mol. The molecule has 0 radical (unpaired) electrons. The fourth-order valence-electron chi connectivity index (χ4n) is 1.52. The summed E-state index contributed by atoms with van der Waals surface area (Å²) in [6, 6.07) is 3.66. The summed E-state index contributed by atoms with van der Waals surface area (Å²) in [5.74, 6) is -0.0348. The molecule has 80 valence electrons. The molecule has 0 amide bonds. The van der Waals surface area contributed by atoms with Gasteiger partial charge in [0.05, 0.1) is 0 Å². The summed E-state index contributed by atoms with van der Waals surface area (Å²) < 4.78 is 0. The SMILES string of the molecule is Cc1cncc(C(=O)c2cncc(C)c2)c1. The Morgan fingerprint density at radius 1 is 0.875 bits per heavy atom. The van der Waals surface area contributed by atoms with Crippen LogP contribution in [0, 0.1) is 13.8 Å². The lowest BCUT2D eigenvalue weighted by Crippen LogP contribution is -2.03. The first-order valence-corrected chi connectivity index (χ1v) is 5.05. The summed E-state index contributed by atoms with van der Waals surface area (Å²) in [5.41, 5.74) is 3.16. The van der Waals surface area contributed by atoms with E-state index in [2.05, 4.69) is 9.97 Å². The molecule has 16 heavy (non-hydrogen) atoms. The van der Waals surface area contributed by atoms with Gasteiger partial charge in [-0.25, -0.2) is 0 Å². The smallest absolute Gasteiger partial charge is 0.196 e. The predicted octanol–water partition coefficient (Wildman–Crippen LogP) is 2.32. The van der Waals surface area contributed by atoms with E-state index in [1.165, 1.54) is 0 Å². The maximum Gasteiger partial charge on any atom is 0.196 e. The van der Waals surface area contributed by atoms with Gasteiger partial charge in [-0.3, -0.25) is 14.8 Å². The van der Waals surface area contributed by atoms with Crippen molar-refractivity contribution in [3.63, 3.8) is 0 Å². The van der Waals surface area contributed by atoms with E-state index in [1.54, 1.807) is 24.8 Å². The molecular formula is C13H12N2O. The van der Waals surface area contributed by atoms with E-state index in [-0.39, 0.29) is 5.78 Å². The molecule has 0 aliphatic carbocycles. The van der Waals surface area contributed by atoms with E-state index in [4.69, 9.17) is 0 Å². The topological polar surface area (TPSA) is 42.9 Å². The second kappa shape index (κ2) is 4.23. The van der Waals surface area contributed by atoms with Gasteiger partial charge < -0.3 is 0 Å². The highest BCUT2D eigenvalue weighted by atomic mass is 16.1. The molecule has 0 unspecified atom stereocenters. The normalized spacial score (nSPS) is 10.1. The third-order valence-electron chi connectivity index (χ3n) is 2.27. The molecule has 2 aromatic heterocycles. The standard InChI is InChI=1S/C13H12N2O/c1-9-3-11(7-14-5-9)13(16)12-4-10(2)6-15-8-12/h3-8H,1-2H3. The minimum absolute atomic E-state index is 0.0348. The van der Waals surface area contributed by atoms with Crippen LogP contribution in [0.25, 0.3) is 0 Å². The molecule has 0 N–H and O–H groups in total. The first kappa shape index (κ1) is 10.5. The average Bonchev–Trinajstić information content (AvgIpc) is 2.28. The molecule has 0 aliphatic rings. The number of ketones is 1. The van der Waals surface area contributed by atoms with Crippen LogP contribution in [-0.4, -0.2) is 15.8 Å². The lowest BCUT2D eigenvalue weighted by atomic mass is 10.0. The van der Waals surface area contributed by atoms with E-state index in [9.17, 15) is 4.79 Å². The van der Waals surface area contributed by atoms with E-state index in [0.29, 0.717) is 11.1 Å². The number of rotatable bonds is 2. The third-order valence-corrected chi connectivity index (χ3v) is 2.27. The van der Waals surface area contributed by atoms with Crippen LogP contribution in [0.1, 0.15) is 27.0 Å². The van der Waals surface area contributed by atoms with Gasteiger partial charge in [0.25, 0.3) is 0 Å². The minimum Gasteiger partial charge on any atom is -0.288 e. The number of aryl methyl sites for hydroxylation is 2. The highest BCUT2D eigenvalue weighted by Gasteiger charge is 2.09. The first-order chi connectivity index (χ1) is 7.66. The Morgan fingerprint density at radius 2 is 1.31 bits per heavy atom. The number of hydrogen-bond acceptors (Lipinski definition) is 3. The summed E-state index contributed by atoms with van der Waals surface area (Å²) in [6.07, 6.45) is 6.62. The maximum absolute atomic E-state index is 12.1. The molecule has 3 heteroatoms. The van der Waals surface area contributed by atoms with Crippen LogP contribution >= 0.6 is 0 Å². The molecule has 0 atom stereocenters. The summed E-state index contributed by atoms with van der Waals surface area (Å²) in [5, 5.41) is 0. The van der Waals surface area contributed by atoms with Gasteiger partial charge in [-0.2, -0.15) is 0 Å². The van der Waals surface area contributed by atoms with Crippen molar-refractivity contribution in [2.75, 3.05) is 0 Å². The quantitative estimate of drug-likeness (QED) is 0.717. The number of nitrogens with zero attached hydrogens (tertiary/aromatic N) is 2. The molecule has 0 aromatic carbocycles. The average molecular weight is 212 g/mol. The van der Waals surface area contributed by atoms with E-state index < -0.39 is 0 Å². The largest absolute Gasteiger partial charge is 0.288 e. The summed E-state index contributed by atoms with van der Waals surface area (Å²) in [7, 11) is 0. The Balaban J connectivity index is 2.39. The summed E-state index contributed by atoms with van der Waals surface area (Å²) in [6.45, 7) is 3.83. The first-order valence-electron chi connectivity index (χ1n) is 5.05. The predicted molar refractivity (Wildman–Crippen MR) is 61.4 cm³/mol. The van der Waals surface area contributed by atoms with E-state index in [1.807, 2.05) is 26.0 Å². The zero-order valence-corrected chi connectivity index (χ0v) is 9.27. The van der Waals surface area contributed by atoms with Crippen molar-refractivity contribution in [1.82, 2.24) is 9.97 Å². The van der Waals surface area contributed by atoms with Crippen molar-refractivity contribution in [3.8, 4) is 0 Å². The summed E-state index contributed by atoms with van der Waals surface area (Å²) >= 11 is 0. The molecule has 0 aliphatic heterocycles. The van der Waals surface area contributed by atoms with Gasteiger partial charge in [0.1, 0.15) is 0 Å². The molecule has 2 heterocycles. The van der Waals surface area contributed by atoms with Gasteiger partial charge in [-0.1, -0.05) is 0 Å². The van der Waals surface area contributed by atoms with Crippen molar-refractivity contribution in [2.45, 2.75) is 13.8 Å². The van der Waals surface area contributed by atoms with E-state index >= 15 is 0 Å². The van der Waals surface area contributed by atoms with Gasteiger partial charge in [-0.15, -0.1) is 0 Å². The van der Waals surface area contributed by atoms with Crippen molar-refractivity contribution in [2.24, 2.45) is 0 Å². The van der Waals surface area contributed by atoms with Gasteiger partial charge in [0.2, 0.25) is 0 Å². The molecule has 2 aromatic rings.